The third-order valence-corrected chi connectivity index (χ3v) is 4.48. The Morgan fingerprint density at radius 1 is 1.25 bits per heavy atom. The summed E-state index contributed by atoms with van der Waals surface area (Å²) in [5.41, 5.74) is -0.259. The quantitative estimate of drug-likeness (QED) is 0.773. The smallest absolute Gasteiger partial charge is 0.410 e. The van der Waals surface area contributed by atoms with Gasteiger partial charge >= 0.3 is 6.09 Å². The highest BCUT2D eigenvalue weighted by atomic mass is 16.6. The van der Waals surface area contributed by atoms with E-state index >= 15 is 0 Å². The molecule has 1 amide bonds. The van der Waals surface area contributed by atoms with Crippen molar-refractivity contribution in [1.82, 2.24) is 9.80 Å². The van der Waals surface area contributed by atoms with Crippen molar-refractivity contribution in [3.8, 4) is 0 Å². The molecule has 1 aliphatic carbocycles. The molecule has 114 valence electrons. The number of ether oxygens (including phenoxy) is 2. The Bertz CT molecular complexity index is 372. The van der Waals surface area contributed by atoms with Crippen LogP contribution in [0.1, 0.15) is 33.6 Å². The van der Waals surface area contributed by atoms with Gasteiger partial charge in [-0.05, 0) is 39.5 Å². The van der Waals surface area contributed by atoms with E-state index in [0.717, 1.165) is 45.2 Å². The zero-order chi connectivity index (χ0) is 14.4. The molecule has 0 N–H and O–H groups in total. The van der Waals surface area contributed by atoms with Crippen molar-refractivity contribution in [2.24, 2.45) is 5.92 Å². The van der Waals surface area contributed by atoms with E-state index in [9.17, 15) is 4.79 Å². The highest BCUT2D eigenvalue weighted by molar-refractivity contribution is 5.68. The van der Waals surface area contributed by atoms with E-state index in [-0.39, 0.29) is 11.7 Å². The van der Waals surface area contributed by atoms with Gasteiger partial charge in [0.25, 0.3) is 0 Å². The summed E-state index contributed by atoms with van der Waals surface area (Å²) in [6.07, 6.45) is 2.29. The summed E-state index contributed by atoms with van der Waals surface area (Å²) in [6, 6.07) is 0. The van der Waals surface area contributed by atoms with Crippen LogP contribution in [0.25, 0.3) is 0 Å². The van der Waals surface area contributed by atoms with Crippen molar-refractivity contribution in [2.75, 3.05) is 39.3 Å². The number of hydrogen-bond acceptors (Lipinski definition) is 4. The van der Waals surface area contributed by atoms with Crippen LogP contribution < -0.4 is 0 Å². The van der Waals surface area contributed by atoms with E-state index in [2.05, 4.69) is 4.90 Å². The van der Waals surface area contributed by atoms with Gasteiger partial charge in [0.15, 0.2) is 0 Å². The number of nitrogens with zero attached hydrogens (tertiary/aromatic N) is 2. The maximum atomic E-state index is 12.0. The summed E-state index contributed by atoms with van der Waals surface area (Å²) in [6.45, 7) is 11.1. The Labute approximate surface area is 121 Å². The van der Waals surface area contributed by atoms with Crippen LogP contribution in [0.4, 0.5) is 4.79 Å². The molecular weight excluding hydrogens is 256 g/mol. The lowest BCUT2D eigenvalue weighted by Gasteiger charge is -2.43. The molecule has 3 aliphatic heterocycles. The number of hydrogen-bond donors (Lipinski definition) is 0. The molecule has 0 aromatic heterocycles. The monoisotopic (exact) mass is 282 g/mol. The van der Waals surface area contributed by atoms with Crippen LogP contribution in [-0.4, -0.2) is 66.4 Å². The van der Waals surface area contributed by atoms with Crippen LogP contribution in [-0.2, 0) is 9.47 Å². The lowest BCUT2D eigenvalue weighted by molar-refractivity contribution is -0.0395. The second kappa shape index (κ2) is 4.88. The first-order valence-corrected chi connectivity index (χ1v) is 7.70. The summed E-state index contributed by atoms with van der Waals surface area (Å²) in [5.74, 6) is 0.818. The molecule has 5 heteroatoms. The van der Waals surface area contributed by atoms with Gasteiger partial charge in [0.05, 0.1) is 12.2 Å². The minimum atomic E-state index is -0.411. The van der Waals surface area contributed by atoms with Gasteiger partial charge in [-0.25, -0.2) is 4.79 Å². The van der Waals surface area contributed by atoms with Crippen molar-refractivity contribution >= 4 is 6.09 Å². The van der Waals surface area contributed by atoms with Crippen molar-refractivity contribution in [1.29, 1.82) is 0 Å². The molecule has 2 bridgehead atoms. The van der Waals surface area contributed by atoms with Crippen LogP contribution >= 0.6 is 0 Å². The number of rotatable bonds is 2. The number of amides is 1. The maximum absolute atomic E-state index is 12.0. The summed E-state index contributed by atoms with van der Waals surface area (Å²) in [4.78, 5) is 16.2. The van der Waals surface area contributed by atoms with Gasteiger partial charge in [-0.2, -0.15) is 0 Å². The molecule has 3 heterocycles. The second-order valence-corrected chi connectivity index (χ2v) is 7.51. The SMILES string of the molecule is CC(C)(C)OC(=O)N1CCN(CC23CC(CO2)C3)CC1. The molecular formula is C15H26N2O3. The Hall–Kier alpha value is -0.810. The molecule has 0 atom stereocenters. The van der Waals surface area contributed by atoms with E-state index in [0.29, 0.717) is 0 Å². The molecule has 4 rings (SSSR count). The molecule has 0 radical (unpaired) electrons. The predicted octanol–water partition coefficient (Wildman–Crippen LogP) is 1.72. The molecule has 4 fully saturated rings. The molecule has 0 unspecified atom stereocenters. The fraction of sp³-hybridized carbons (Fsp3) is 0.933. The Balaban J connectivity index is 1.44. The van der Waals surface area contributed by atoms with Crippen LogP contribution in [0.2, 0.25) is 0 Å². The number of carbonyl (C=O) groups is 1. The molecule has 0 spiro atoms. The van der Waals surface area contributed by atoms with Gasteiger partial charge in [0.2, 0.25) is 0 Å². The van der Waals surface area contributed by atoms with Gasteiger partial charge < -0.3 is 14.4 Å². The maximum Gasteiger partial charge on any atom is 0.410 e. The fourth-order valence-electron chi connectivity index (χ4n) is 3.52. The third kappa shape index (κ3) is 2.93. The Morgan fingerprint density at radius 2 is 1.90 bits per heavy atom. The zero-order valence-corrected chi connectivity index (χ0v) is 12.9. The number of carbonyl (C=O) groups excluding carboxylic acids is 1. The van der Waals surface area contributed by atoms with E-state index < -0.39 is 5.60 Å². The van der Waals surface area contributed by atoms with Gasteiger partial charge in [-0.3, -0.25) is 4.90 Å². The molecule has 3 saturated heterocycles. The first kappa shape index (κ1) is 14.1. The number of fused-ring (bicyclic) bond motifs is 1. The minimum absolute atomic E-state index is 0.152. The predicted molar refractivity (Wildman–Crippen MR) is 75.7 cm³/mol. The fourth-order valence-corrected chi connectivity index (χ4v) is 3.52. The first-order valence-electron chi connectivity index (χ1n) is 7.70. The normalized spacial score (nSPS) is 34.0. The lowest BCUT2D eigenvalue weighted by Crippen LogP contribution is -2.55. The summed E-state index contributed by atoms with van der Waals surface area (Å²) < 4.78 is 11.3. The Kier molecular flexibility index (Phi) is 3.45. The molecule has 20 heavy (non-hydrogen) atoms. The average Bonchev–Trinajstić information content (AvgIpc) is 2.87. The van der Waals surface area contributed by atoms with Crippen LogP contribution in [0.15, 0.2) is 0 Å². The van der Waals surface area contributed by atoms with Crippen molar-refractivity contribution < 1.29 is 14.3 Å². The molecule has 5 nitrogen and oxygen atoms in total. The van der Waals surface area contributed by atoms with Crippen molar-refractivity contribution in [3.05, 3.63) is 0 Å². The lowest BCUT2D eigenvalue weighted by atomic mass is 9.74. The molecule has 4 aliphatic rings. The van der Waals surface area contributed by atoms with E-state index in [4.69, 9.17) is 9.47 Å². The largest absolute Gasteiger partial charge is 0.444 e. The van der Waals surface area contributed by atoms with Gasteiger partial charge in [0, 0.05) is 32.7 Å². The minimum Gasteiger partial charge on any atom is -0.444 e. The van der Waals surface area contributed by atoms with Crippen molar-refractivity contribution in [2.45, 2.75) is 44.8 Å². The Morgan fingerprint density at radius 3 is 2.40 bits per heavy atom. The van der Waals surface area contributed by atoms with Crippen molar-refractivity contribution in [3.63, 3.8) is 0 Å². The van der Waals surface area contributed by atoms with Gasteiger partial charge in [-0.1, -0.05) is 0 Å². The van der Waals surface area contributed by atoms with E-state index in [1.807, 2.05) is 25.7 Å². The zero-order valence-electron chi connectivity index (χ0n) is 12.9. The van der Waals surface area contributed by atoms with Crippen LogP contribution in [0.3, 0.4) is 0 Å². The summed E-state index contributed by atoms with van der Waals surface area (Å²) in [5, 5.41) is 0. The third-order valence-electron chi connectivity index (χ3n) is 4.48. The molecule has 0 aromatic carbocycles. The second-order valence-electron chi connectivity index (χ2n) is 7.51. The molecule has 0 aromatic rings. The number of piperazine rings is 1. The summed E-state index contributed by atoms with van der Waals surface area (Å²) in [7, 11) is 0. The van der Waals surface area contributed by atoms with Gasteiger partial charge in [0.1, 0.15) is 5.60 Å². The molecule has 1 saturated carbocycles. The highest BCUT2D eigenvalue weighted by Gasteiger charge is 2.52. The topological polar surface area (TPSA) is 42.0 Å². The van der Waals surface area contributed by atoms with Gasteiger partial charge in [-0.15, -0.1) is 0 Å². The average molecular weight is 282 g/mol. The first-order chi connectivity index (χ1) is 9.35. The van der Waals surface area contributed by atoms with E-state index in [1.54, 1.807) is 0 Å². The van der Waals surface area contributed by atoms with Crippen LogP contribution in [0, 0.1) is 5.92 Å². The van der Waals surface area contributed by atoms with E-state index in [1.165, 1.54) is 12.8 Å². The summed E-state index contributed by atoms with van der Waals surface area (Å²) >= 11 is 0. The van der Waals surface area contributed by atoms with Crippen LogP contribution in [0.5, 0.6) is 0 Å². The standard InChI is InChI=1S/C15H26N2O3/c1-14(2,3)20-13(18)17-6-4-16(5-7-17)11-15-8-12(9-15)10-19-15/h12H,4-11H2,1-3H3. The highest BCUT2D eigenvalue weighted by Crippen LogP contribution is 2.48.